The van der Waals surface area contributed by atoms with E-state index in [9.17, 15) is 9.90 Å². The average molecular weight is 800 g/mol. The largest absolute Gasteiger partial charge is 0.478 e. The maximum absolute atomic E-state index is 11.5. The molecule has 0 spiro atoms. The van der Waals surface area contributed by atoms with Gasteiger partial charge in [-0.1, -0.05) is 99.5 Å². The van der Waals surface area contributed by atoms with Crippen LogP contribution in [0.1, 0.15) is 103 Å². The van der Waals surface area contributed by atoms with E-state index in [1.54, 1.807) is 12.1 Å². The number of fused-ring (bicyclic) bond motifs is 1. The first-order valence-electron chi connectivity index (χ1n) is 20.8. The van der Waals surface area contributed by atoms with Crippen molar-refractivity contribution in [3.63, 3.8) is 0 Å². The van der Waals surface area contributed by atoms with Gasteiger partial charge in [0.25, 0.3) is 0 Å². The van der Waals surface area contributed by atoms with Gasteiger partial charge in [0, 0.05) is 42.3 Å². The van der Waals surface area contributed by atoms with E-state index in [-0.39, 0.29) is 0 Å². The molecule has 1 aliphatic rings. The SMILES string of the molecule is CCCCc1nc(CCCC)n(Cc2ccc(-c3ccccc3-c3nn[nH]n3)nc2)n1.Cc1ccnc2c1nc(C1CC1)n2Cc1ccc(-c2ccccc2C(=O)O)cc1. The number of unbranched alkanes of at least 4 members (excludes halogenated alkanes) is 2. The number of carbonyl (C=O) groups is 1. The van der Waals surface area contributed by atoms with Crippen molar-refractivity contribution in [2.75, 3.05) is 0 Å². The van der Waals surface area contributed by atoms with Crippen LogP contribution in [-0.2, 0) is 25.9 Å². The molecule has 9 rings (SSSR count). The molecule has 13 heteroatoms. The fraction of sp³-hybridized carbons (Fsp3) is 0.298. The summed E-state index contributed by atoms with van der Waals surface area (Å²) in [5, 5.41) is 28.6. The van der Waals surface area contributed by atoms with E-state index >= 15 is 0 Å². The summed E-state index contributed by atoms with van der Waals surface area (Å²) in [5.74, 6) is 3.33. The lowest BCUT2D eigenvalue weighted by Crippen LogP contribution is -2.07. The van der Waals surface area contributed by atoms with Crippen molar-refractivity contribution in [1.82, 2.24) is 54.9 Å². The Hall–Kier alpha value is -6.89. The Kier molecular flexibility index (Phi) is 12.2. The van der Waals surface area contributed by atoms with E-state index in [4.69, 9.17) is 20.1 Å². The molecule has 0 aliphatic heterocycles. The van der Waals surface area contributed by atoms with Crippen LogP contribution in [0.3, 0.4) is 0 Å². The van der Waals surface area contributed by atoms with Gasteiger partial charge in [-0.2, -0.15) is 10.3 Å². The number of benzene rings is 3. The van der Waals surface area contributed by atoms with Crippen molar-refractivity contribution in [1.29, 1.82) is 0 Å². The summed E-state index contributed by atoms with van der Waals surface area (Å²) in [6, 6.07) is 29.3. The average Bonchev–Trinajstić information content (AvgIpc) is 3.63. The van der Waals surface area contributed by atoms with Gasteiger partial charge in [-0.3, -0.25) is 4.98 Å². The second-order valence-electron chi connectivity index (χ2n) is 15.3. The minimum absolute atomic E-state index is 0.316. The number of carboxylic acids is 1. The molecule has 3 aromatic carbocycles. The number of rotatable bonds is 15. The number of imidazole rings is 1. The number of tetrazole rings is 1. The third kappa shape index (κ3) is 9.05. The molecule has 5 heterocycles. The Bertz CT molecular complexity index is 2680. The molecule has 0 atom stereocenters. The Morgan fingerprint density at radius 3 is 2.23 bits per heavy atom. The fourth-order valence-electron chi connectivity index (χ4n) is 7.40. The maximum atomic E-state index is 11.5. The molecule has 5 aromatic heterocycles. The molecule has 1 fully saturated rings. The molecule has 0 amide bonds. The minimum atomic E-state index is -0.912. The first-order chi connectivity index (χ1) is 29.4. The van der Waals surface area contributed by atoms with Crippen LogP contribution in [0.5, 0.6) is 0 Å². The molecule has 1 saturated carbocycles. The Labute approximate surface area is 349 Å². The zero-order chi connectivity index (χ0) is 41.4. The van der Waals surface area contributed by atoms with E-state index in [1.165, 1.54) is 12.8 Å². The van der Waals surface area contributed by atoms with E-state index < -0.39 is 5.97 Å². The van der Waals surface area contributed by atoms with Gasteiger partial charge >= 0.3 is 5.97 Å². The molecule has 0 radical (unpaired) electrons. The molecule has 2 N–H and O–H groups in total. The Morgan fingerprint density at radius 1 is 0.800 bits per heavy atom. The van der Waals surface area contributed by atoms with Gasteiger partial charge < -0.3 is 9.67 Å². The number of aromatic carboxylic acids is 1. The van der Waals surface area contributed by atoms with Crippen LogP contribution >= 0.6 is 0 Å². The first kappa shape index (κ1) is 39.9. The Balaban J connectivity index is 0.000000167. The number of H-pyrrole nitrogens is 1. The van der Waals surface area contributed by atoms with E-state index in [0.29, 0.717) is 30.4 Å². The molecular weight excluding hydrogens is 751 g/mol. The first-order valence-corrected chi connectivity index (χ1v) is 20.8. The molecule has 304 valence electrons. The molecule has 8 aromatic rings. The van der Waals surface area contributed by atoms with Crippen LogP contribution in [0.4, 0.5) is 0 Å². The van der Waals surface area contributed by atoms with E-state index in [2.05, 4.69) is 69.1 Å². The van der Waals surface area contributed by atoms with Crippen LogP contribution in [-0.4, -0.2) is 66.0 Å². The fourth-order valence-corrected chi connectivity index (χ4v) is 7.40. The molecule has 0 unspecified atom stereocenters. The van der Waals surface area contributed by atoms with Crippen LogP contribution in [0.25, 0.3) is 44.9 Å². The van der Waals surface area contributed by atoms with Gasteiger partial charge in [0.05, 0.1) is 24.3 Å². The van der Waals surface area contributed by atoms with Gasteiger partial charge in [0.15, 0.2) is 11.5 Å². The number of pyridine rings is 2. The van der Waals surface area contributed by atoms with Gasteiger partial charge in [0.2, 0.25) is 5.82 Å². The van der Waals surface area contributed by atoms with Crippen LogP contribution in [0, 0.1) is 6.92 Å². The predicted octanol–water partition coefficient (Wildman–Crippen LogP) is 9.28. The van der Waals surface area contributed by atoms with Crippen LogP contribution < -0.4 is 0 Å². The second kappa shape index (κ2) is 18.4. The van der Waals surface area contributed by atoms with Crippen molar-refractivity contribution in [3.8, 4) is 33.8 Å². The monoisotopic (exact) mass is 799 g/mol. The number of aromatic amines is 1. The quantitative estimate of drug-likeness (QED) is 0.102. The zero-order valence-corrected chi connectivity index (χ0v) is 34.3. The molecule has 13 nitrogen and oxygen atoms in total. The van der Waals surface area contributed by atoms with Crippen molar-refractivity contribution in [2.45, 2.75) is 91.1 Å². The van der Waals surface area contributed by atoms with E-state index in [1.807, 2.05) is 77.7 Å². The molecule has 1 aliphatic carbocycles. The summed E-state index contributed by atoms with van der Waals surface area (Å²) in [6.07, 6.45) is 12.6. The standard InChI is InChI=1S/C24H21N3O2.C23H28N8/c1-15-12-13-25-23-21(15)26-22(18-10-11-18)27(23)14-16-6-8-17(9-7-16)19-4-2-3-5-20(19)24(28)29;1-3-5-11-21-25-22(12-6-4-2)31(28-21)16-17-13-14-20(24-15-17)18-9-7-8-10-19(18)23-26-29-30-27-23/h2-9,12-13,18H,10-11,14H2,1H3,(H,28,29);7-10,13-15H,3-6,11-12,16H2,1-2H3,(H,26,27,29,30). The van der Waals surface area contributed by atoms with Crippen molar-refractivity contribution < 1.29 is 9.90 Å². The molecule has 0 bridgehead atoms. The maximum Gasteiger partial charge on any atom is 0.336 e. The summed E-state index contributed by atoms with van der Waals surface area (Å²) in [4.78, 5) is 30.5. The number of carboxylic acid groups (broad SMARTS) is 1. The van der Waals surface area contributed by atoms with Gasteiger partial charge in [-0.05, 0) is 83.8 Å². The minimum Gasteiger partial charge on any atom is -0.478 e. The lowest BCUT2D eigenvalue weighted by atomic mass is 9.99. The van der Waals surface area contributed by atoms with Gasteiger partial charge in [-0.15, -0.1) is 10.2 Å². The van der Waals surface area contributed by atoms with E-state index in [0.717, 1.165) is 112 Å². The third-order valence-corrected chi connectivity index (χ3v) is 10.8. The van der Waals surface area contributed by atoms with Crippen molar-refractivity contribution >= 4 is 17.1 Å². The van der Waals surface area contributed by atoms with Gasteiger partial charge in [0.1, 0.15) is 17.2 Å². The topological polar surface area (TPSA) is 166 Å². The summed E-state index contributed by atoms with van der Waals surface area (Å²) >= 11 is 0. The highest BCUT2D eigenvalue weighted by Crippen LogP contribution is 2.41. The zero-order valence-electron chi connectivity index (χ0n) is 34.3. The van der Waals surface area contributed by atoms with Crippen LogP contribution in [0.15, 0.2) is 103 Å². The summed E-state index contributed by atoms with van der Waals surface area (Å²) in [7, 11) is 0. The number of hydrogen-bond acceptors (Lipinski definition) is 9. The summed E-state index contributed by atoms with van der Waals surface area (Å²) in [5.41, 5.74) is 10.0. The normalized spacial score (nSPS) is 12.4. The number of nitrogens with zero attached hydrogens (tertiary/aromatic N) is 10. The smallest absolute Gasteiger partial charge is 0.336 e. The van der Waals surface area contributed by atoms with Gasteiger partial charge in [-0.25, -0.2) is 24.4 Å². The number of aryl methyl sites for hydroxylation is 3. The number of aromatic nitrogens is 11. The lowest BCUT2D eigenvalue weighted by Gasteiger charge is -2.10. The van der Waals surface area contributed by atoms with Crippen LogP contribution in [0.2, 0.25) is 0 Å². The second-order valence-corrected chi connectivity index (χ2v) is 15.3. The Morgan fingerprint density at radius 2 is 1.53 bits per heavy atom. The highest BCUT2D eigenvalue weighted by molar-refractivity contribution is 5.96. The third-order valence-electron chi connectivity index (χ3n) is 10.8. The number of nitrogens with one attached hydrogen (secondary N) is 1. The molecule has 0 saturated heterocycles. The predicted molar refractivity (Wildman–Crippen MR) is 231 cm³/mol. The van der Waals surface area contributed by atoms with Crippen molar-refractivity contribution in [3.05, 3.63) is 143 Å². The molecule has 60 heavy (non-hydrogen) atoms. The lowest BCUT2D eigenvalue weighted by molar-refractivity contribution is 0.0697. The highest BCUT2D eigenvalue weighted by Gasteiger charge is 2.30. The molecular formula is C47H49N11O2. The number of hydrogen-bond donors (Lipinski definition) is 2. The summed E-state index contributed by atoms with van der Waals surface area (Å²) < 4.78 is 4.28. The summed E-state index contributed by atoms with van der Waals surface area (Å²) in [6.45, 7) is 7.86. The highest BCUT2D eigenvalue weighted by atomic mass is 16.4. The van der Waals surface area contributed by atoms with Crippen molar-refractivity contribution in [2.24, 2.45) is 0 Å².